The summed E-state index contributed by atoms with van der Waals surface area (Å²) in [5.41, 5.74) is 2.63. The van der Waals surface area contributed by atoms with E-state index in [1.807, 2.05) is 49.4 Å². The first-order valence-corrected chi connectivity index (χ1v) is 5.19. The van der Waals surface area contributed by atoms with Crippen molar-refractivity contribution in [2.45, 2.75) is 6.92 Å². The zero-order valence-corrected chi connectivity index (χ0v) is 9.10. The number of hydrogen-bond donors (Lipinski definition) is 1. The number of anilines is 1. The molecule has 0 spiro atoms. The fourth-order valence-electron chi connectivity index (χ4n) is 1.52. The molecule has 0 saturated heterocycles. The average Bonchev–Trinajstić information content (AvgIpc) is 2.30. The number of rotatable bonds is 2. The van der Waals surface area contributed by atoms with Crippen LogP contribution in [0.4, 0.5) is 5.69 Å². The third-order valence-electron chi connectivity index (χ3n) is 2.31. The van der Waals surface area contributed by atoms with Gasteiger partial charge in [-0.2, -0.15) is 0 Å². The molecule has 1 amide bonds. The molecule has 0 aliphatic rings. The van der Waals surface area contributed by atoms with Crippen molar-refractivity contribution in [1.29, 1.82) is 0 Å². The van der Waals surface area contributed by atoms with E-state index in [1.165, 1.54) is 0 Å². The van der Waals surface area contributed by atoms with E-state index in [2.05, 4.69) is 5.32 Å². The fourth-order valence-corrected chi connectivity index (χ4v) is 1.52. The highest BCUT2D eigenvalue weighted by Crippen LogP contribution is 2.11. The van der Waals surface area contributed by atoms with E-state index in [0.717, 1.165) is 11.3 Å². The Labute approximate surface area is 96.4 Å². The van der Waals surface area contributed by atoms with Crippen molar-refractivity contribution in [2.75, 3.05) is 5.32 Å². The maximum absolute atomic E-state index is 11.8. The van der Waals surface area contributed by atoms with E-state index < -0.39 is 0 Å². The van der Waals surface area contributed by atoms with Gasteiger partial charge in [-0.15, -0.1) is 0 Å². The van der Waals surface area contributed by atoms with Crippen LogP contribution in [0, 0.1) is 6.92 Å². The maximum atomic E-state index is 11.8. The first-order chi connectivity index (χ1) is 7.75. The van der Waals surface area contributed by atoms with Crippen LogP contribution in [0.25, 0.3) is 0 Å². The lowest BCUT2D eigenvalue weighted by molar-refractivity contribution is 0.102. The molecule has 0 saturated carbocycles. The molecule has 0 bridgehead atoms. The lowest BCUT2D eigenvalue weighted by Gasteiger charge is -2.05. The van der Waals surface area contributed by atoms with E-state index >= 15 is 0 Å². The van der Waals surface area contributed by atoms with Gasteiger partial charge in [0.2, 0.25) is 0 Å². The number of benzene rings is 2. The van der Waals surface area contributed by atoms with Crippen LogP contribution in [-0.4, -0.2) is 5.91 Å². The zero-order valence-electron chi connectivity index (χ0n) is 9.10. The van der Waals surface area contributed by atoms with Crippen LogP contribution in [-0.2, 0) is 0 Å². The maximum Gasteiger partial charge on any atom is 0.255 e. The molecule has 0 atom stereocenters. The van der Waals surface area contributed by atoms with Gasteiger partial charge in [-0.05, 0) is 36.8 Å². The highest BCUT2D eigenvalue weighted by molar-refractivity contribution is 6.04. The van der Waals surface area contributed by atoms with Crippen molar-refractivity contribution in [3.63, 3.8) is 0 Å². The SMILES string of the molecule is Cc1cccc(NC(=O)c2ccccc2)c1.[HH]. The van der Waals surface area contributed by atoms with Crippen LogP contribution in [0.2, 0.25) is 0 Å². The van der Waals surface area contributed by atoms with Crippen LogP contribution in [0.15, 0.2) is 54.6 Å². The van der Waals surface area contributed by atoms with E-state index in [9.17, 15) is 4.79 Å². The Morgan fingerprint density at radius 3 is 2.50 bits per heavy atom. The van der Waals surface area contributed by atoms with Crippen molar-refractivity contribution in [1.82, 2.24) is 0 Å². The van der Waals surface area contributed by atoms with Gasteiger partial charge in [0.25, 0.3) is 5.91 Å². The van der Waals surface area contributed by atoms with Gasteiger partial charge >= 0.3 is 0 Å². The predicted octanol–water partition coefficient (Wildman–Crippen LogP) is 3.49. The molecular formula is C14H15NO. The molecule has 1 N–H and O–H groups in total. The molecule has 82 valence electrons. The Balaban J connectivity index is 0.00000144. The molecule has 0 heterocycles. The van der Waals surface area contributed by atoms with Gasteiger partial charge in [0.1, 0.15) is 0 Å². The molecule has 0 aliphatic heterocycles. The molecule has 2 nitrogen and oxygen atoms in total. The van der Waals surface area contributed by atoms with Crippen LogP contribution in [0.3, 0.4) is 0 Å². The van der Waals surface area contributed by atoms with E-state index in [4.69, 9.17) is 0 Å². The minimum Gasteiger partial charge on any atom is -0.322 e. The van der Waals surface area contributed by atoms with Gasteiger partial charge in [-0.1, -0.05) is 30.3 Å². The second-order valence-corrected chi connectivity index (χ2v) is 3.69. The Bertz CT molecular complexity index is 497. The lowest BCUT2D eigenvalue weighted by atomic mass is 10.2. The molecule has 0 aromatic heterocycles. The third kappa shape index (κ3) is 2.48. The number of carbonyl (C=O) groups is 1. The normalized spacial score (nSPS) is 9.81. The van der Waals surface area contributed by atoms with E-state index in [0.29, 0.717) is 5.56 Å². The summed E-state index contributed by atoms with van der Waals surface area (Å²) in [4.78, 5) is 11.8. The summed E-state index contributed by atoms with van der Waals surface area (Å²) in [5, 5.41) is 2.86. The summed E-state index contributed by atoms with van der Waals surface area (Å²) < 4.78 is 0. The number of carbonyl (C=O) groups excluding carboxylic acids is 1. The minimum atomic E-state index is -0.0776. The van der Waals surface area contributed by atoms with Crippen molar-refractivity contribution in [3.8, 4) is 0 Å². The van der Waals surface area contributed by atoms with Gasteiger partial charge in [-0.25, -0.2) is 0 Å². The topological polar surface area (TPSA) is 29.1 Å². The van der Waals surface area contributed by atoms with Gasteiger partial charge < -0.3 is 5.32 Å². The van der Waals surface area contributed by atoms with Crippen LogP contribution >= 0.6 is 0 Å². The lowest BCUT2D eigenvalue weighted by Crippen LogP contribution is -2.11. The number of amides is 1. The minimum absolute atomic E-state index is 0. The Morgan fingerprint density at radius 1 is 1.06 bits per heavy atom. The summed E-state index contributed by atoms with van der Waals surface area (Å²) in [7, 11) is 0. The number of hydrogen-bond acceptors (Lipinski definition) is 1. The first-order valence-electron chi connectivity index (χ1n) is 5.19. The number of nitrogens with one attached hydrogen (secondary N) is 1. The average molecular weight is 213 g/mol. The van der Waals surface area contributed by atoms with Gasteiger partial charge in [0, 0.05) is 12.7 Å². The van der Waals surface area contributed by atoms with Gasteiger partial charge in [0.05, 0.1) is 0 Å². The molecule has 2 rings (SSSR count). The Kier molecular flexibility index (Phi) is 3.01. The van der Waals surface area contributed by atoms with Crippen LogP contribution < -0.4 is 5.32 Å². The highest BCUT2D eigenvalue weighted by atomic mass is 16.1. The standard InChI is InChI=1S/C14H13NO.H2/c1-11-6-5-9-13(10-11)15-14(16)12-7-3-2-4-8-12;/h2-10H,1H3,(H,15,16);1H. The monoisotopic (exact) mass is 213 g/mol. The summed E-state index contributed by atoms with van der Waals surface area (Å²) in [6.45, 7) is 2.00. The summed E-state index contributed by atoms with van der Waals surface area (Å²) in [5.74, 6) is -0.0776. The molecule has 0 unspecified atom stereocenters. The highest BCUT2D eigenvalue weighted by Gasteiger charge is 2.04. The van der Waals surface area contributed by atoms with Gasteiger partial charge in [0.15, 0.2) is 0 Å². The Morgan fingerprint density at radius 2 is 1.81 bits per heavy atom. The third-order valence-corrected chi connectivity index (χ3v) is 2.31. The second-order valence-electron chi connectivity index (χ2n) is 3.69. The summed E-state index contributed by atoms with van der Waals surface area (Å²) >= 11 is 0. The second kappa shape index (κ2) is 4.62. The predicted molar refractivity (Wildman–Crippen MR) is 67.7 cm³/mol. The quantitative estimate of drug-likeness (QED) is 0.812. The van der Waals surface area contributed by atoms with E-state index in [-0.39, 0.29) is 7.33 Å². The van der Waals surface area contributed by atoms with Gasteiger partial charge in [-0.3, -0.25) is 4.79 Å². The van der Waals surface area contributed by atoms with Crippen molar-refractivity contribution < 1.29 is 6.22 Å². The Hall–Kier alpha value is -2.09. The van der Waals surface area contributed by atoms with Crippen LogP contribution in [0.5, 0.6) is 0 Å². The zero-order chi connectivity index (χ0) is 11.4. The van der Waals surface area contributed by atoms with Crippen molar-refractivity contribution in [3.05, 3.63) is 65.7 Å². The van der Waals surface area contributed by atoms with Crippen molar-refractivity contribution >= 4 is 11.6 Å². The summed E-state index contributed by atoms with van der Waals surface area (Å²) in [6.07, 6.45) is 0. The molecule has 2 heteroatoms. The molecule has 0 radical (unpaired) electrons. The molecule has 2 aromatic rings. The van der Waals surface area contributed by atoms with Crippen LogP contribution in [0.1, 0.15) is 17.3 Å². The molecule has 2 aromatic carbocycles. The van der Waals surface area contributed by atoms with Crippen molar-refractivity contribution in [2.24, 2.45) is 0 Å². The van der Waals surface area contributed by atoms with E-state index in [1.54, 1.807) is 12.1 Å². The molecular weight excluding hydrogens is 198 g/mol. The fraction of sp³-hybridized carbons (Fsp3) is 0.0714. The summed E-state index contributed by atoms with van der Waals surface area (Å²) in [6, 6.07) is 16.9. The molecule has 0 aliphatic carbocycles. The first kappa shape index (κ1) is 10.4. The molecule has 0 fully saturated rings. The largest absolute Gasteiger partial charge is 0.322 e. The smallest absolute Gasteiger partial charge is 0.255 e. The molecule has 16 heavy (non-hydrogen) atoms. The number of aryl methyl sites for hydroxylation is 1.